The van der Waals surface area contributed by atoms with E-state index in [4.69, 9.17) is 6.85 Å². The van der Waals surface area contributed by atoms with Crippen LogP contribution in [-0.4, -0.2) is 0 Å². The largest absolute Gasteiger partial charge is 0.221 e. The van der Waals surface area contributed by atoms with E-state index in [0.29, 0.717) is 10.4 Å². The number of pyridine rings is 1. The molecule has 0 unspecified atom stereocenters. The fraction of sp³-hybridized carbons (Fsp3) is 0.321. The van der Waals surface area contributed by atoms with Gasteiger partial charge in [0.1, 0.15) is 7.05 Å². The Morgan fingerprint density at radius 1 is 0.933 bits per heavy atom. The number of nitrogens with zero attached hydrogens (tertiary/aromatic N) is 1. The highest BCUT2D eigenvalue weighted by Gasteiger charge is 2.23. The van der Waals surface area contributed by atoms with Gasteiger partial charge in [0.15, 0.2) is 6.20 Å². The minimum atomic E-state index is -2.28. The van der Waals surface area contributed by atoms with Gasteiger partial charge in [0.25, 0.3) is 0 Å². The van der Waals surface area contributed by atoms with Crippen molar-refractivity contribution in [2.24, 2.45) is 12.5 Å². The summed E-state index contributed by atoms with van der Waals surface area (Å²) < 4.78 is 46.0. The Kier molecular flexibility index (Phi) is 3.16. The summed E-state index contributed by atoms with van der Waals surface area (Å²) in [5.41, 5.74) is 2.68. The summed E-state index contributed by atoms with van der Waals surface area (Å²) in [5, 5.41) is 5.77. The van der Waals surface area contributed by atoms with Gasteiger partial charge in [-0.25, -0.2) is 4.57 Å². The molecule has 152 valence electrons. The molecule has 0 aliphatic carbocycles. The summed E-state index contributed by atoms with van der Waals surface area (Å²) in [7, 11) is 1.97. The molecule has 0 N–H and O–H groups in total. The van der Waals surface area contributed by atoms with Gasteiger partial charge in [-0.1, -0.05) is 51.1 Å². The zero-order valence-electron chi connectivity index (χ0n) is 23.4. The van der Waals surface area contributed by atoms with Gasteiger partial charge < -0.3 is 0 Å². The van der Waals surface area contributed by atoms with E-state index in [0.717, 1.165) is 53.7 Å². The molecule has 2 aromatic heterocycles. The quantitative estimate of drug-likeness (QED) is 0.194. The first-order valence-electron chi connectivity index (χ1n) is 12.9. The highest BCUT2D eigenvalue weighted by atomic mass is 32.1. The average Bonchev–Trinajstić information content (AvgIpc) is 3.09. The van der Waals surface area contributed by atoms with Crippen molar-refractivity contribution in [1.82, 2.24) is 0 Å². The van der Waals surface area contributed by atoms with Crippen molar-refractivity contribution in [2.45, 2.75) is 47.8 Å². The Morgan fingerprint density at radius 2 is 1.67 bits per heavy atom. The van der Waals surface area contributed by atoms with Crippen molar-refractivity contribution in [3.8, 4) is 0 Å². The number of hydrogen-bond donors (Lipinski definition) is 0. The summed E-state index contributed by atoms with van der Waals surface area (Å²) >= 11 is 1.47. The fourth-order valence-corrected chi connectivity index (χ4v) is 6.10. The van der Waals surface area contributed by atoms with Crippen molar-refractivity contribution in [1.29, 1.82) is 0 Å². The van der Waals surface area contributed by atoms with Crippen molar-refractivity contribution in [3.05, 3.63) is 64.2 Å². The van der Waals surface area contributed by atoms with Crippen molar-refractivity contribution in [3.63, 3.8) is 0 Å². The van der Waals surface area contributed by atoms with Crippen LogP contribution in [0.4, 0.5) is 0 Å². The van der Waals surface area contributed by atoms with Crippen molar-refractivity contribution < 1.29 is 11.4 Å². The molecule has 5 aromatic rings. The Bertz CT molecular complexity index is 1670. The number of fused-ring (bicyclic) bond motifs is 8. The second kappa shape index (κ2) is 6.52. The lowest BCUT2D eigenvalue weighted by Crippen LogP contribution is -2.28. The van der Waals surface area contributed by atoms with Crippen LogP contribution in [0.1, 0.15) is 49.2 Å². The maximum atomic E-state index is 8.98. The Morgan fingerprint density at radius 3 is 2.40 bits per heavy atom. The number of aryl methyl sites for hydroxylation is 4. The minimum Gasteiger partial charge on any atom is -0.200 e. The lowest BCUT2D eigenvalue weighted by molar-refractivity contribution is -0.644. The first-order valence-corrected chi connectivity index (χ1v) is 11.2. The maximum absolute atomic E-state index is 8.98. The topological polar surface area (TPSA) is 3.88 Å². The maximum Gasteiger partial charge on any atom is 0.221 e. The normalized spacial score (nSPS) is 16.0. The third-order valence-electron chi connectivity index (χ3n) is 5.97. The molecule has 2 heterocycles. The third kappa shape index (κ3) is 2.77. The van der Waals surface area contributed by atoms with Gasteiger partial charge >= 0.3 is 0 Å². The predicted molar refractivity (Wildman–Crippen MR) is 133 cm³/mol. The monoisotopic (exact) mass is 417 g/mol. The lowest BCUT2D eigenvalue weighted by atomic mass is 9.89. The average molecular weight is 418 g/mol. The lowest BCUT2D eigenvalue weighted by Gasteiger charge is -2.17. The van der Waals surface area contributed by atoms with Gasteiger partial charge in [-0.3, -0.25) is 0 Å². The van der Waals surface area contributed by atoms with Crippen LogP contribution in [-0.2, 0) is 13.4 Å². The molecular formula is C28H30NS+. The summed E-state index contributed by atoms with van der Waals surface area (Å²) in [6.07, 6.45) is 0.305. The standard InChI is InChI=1S/C28H30NS/c1-16-9-8-10-20-21-12-11-19-18(3)22(15-28(4,5)6)30-27(19)25(21)24-17(2)13-14-29(7)26(24)23(16)20/h8-14H,15H2,1-7H3/q+1/i2D3,15D2. The van der Waals surface area contributed by atoms with Gasteiger partial charge in [-0.15, -0.1) is 11.3 Å². The molecule has 0 radical (unpaired) electrons. The van der Waals surface area contributed by atoms with Gasteiger partial charge in [0.2, 0.25) is 5.52 Å². The third-order valence-corrected chi connectivity index (χ3v) is 7.21. The molecule has 2 heteroatoms. The summed E-state index contributed by atoms with van der Waals surface area (Å²) in [5.74, 6) is 0. The highest BCUT2D eigenvalue weighted by molar-refractivity contribution is 7.20. The van der Waals surface area contributed by atoms with Crippen LogP contribution < -0.4 is 4.57 Å². The predicted octanol–water partition coefficient (Wildman–Crippen LogP) is 7.70. The Hall–Kier alpha value is -2.45. The second-order valence-corrected chi connectivity index (χ2v) is 10.4. The number of benzene rings is 3. The molecule has 30 heavy (non-hydrogen) atoms. The van der Waals surface area contributed by atoms with E-state index < -0.39 is 18.6 Å². The molecule has 0 saturated heterocycles. The SMILES string of the molecule is [2H]C([2H])([2H])c1cc[n+](C)c2c3c(C)cccc3c3ccc4c(C)c(C([2H])([2H])C(C)(C)C)sc4c3c12. The van der Waals surface area contributed by atoms with Gasteiger partial charge in [0.05, 0.1) is 10.8 Å². The molecule has 0 bridgehead atoms. The number of thiophene rings is 1. The van der Waals surface area contributed by atoms with Gasteiger partial charge in [-0.05, 0) is 65.3 Å². The zero-order chi connectivity index (χ0) is 25.7. The molecule has 0 fully saturated rings. The fourth-order valence-electron chi connectivity index (χ4n) is 4.63. The Labute approximate surface area is 190 Å². The van der Waals surface area contributed by atoms with Gasteiger partial charge in [-0.2, -0.15) is 0 Å². The minimum absolute atomic E-state index is 0.333. The first-order chi connectivity index (χ1) is 16.2. The summed E-state index contributed by atoms with van der Waals surface area (Å²) in [4.78, 5) is 0.709. The van der Waals surface area contributed by atoms with Crippen molar-refractivity contribution >= 4 is 53.9 Å². The molecule has 5 rings (SSSR count). The van der Waals surface area contributed by atoms with Crippen LogP contribution in [0.25, 0.3) is 42.5 Å². The smallest absolute Gasteiger partial charge is 0.200 e. The molecule has 0 aliphatic heterocycles. The summed E-state index contributed by atoms with van der Waals surface area (Å²) in [6, 6.07) is 12.1. The van der Waals surface area contributed by atoms with Crippen LogP contribution in [0.15, 0.2) is 42.6 Å². The molecular weight excluding hydrogens is 382 g/mol. The van der Waals surface area contributed by atoms with Crippen molar-refractivity contribution in [2.75, 3.05) is 0 Å². The van der Waals surface area contributed by atoms with Crippen LogP contribution >= 0.6 is 11.3 Å². The molecule has 0 atom stereocenters. The molecule has 0 saturated carbocycles. The summed E-state index contributed by atoms with van der Waals surface area (Å²) in [6.45, 7) is 7.54. The van der Waals surface area contributed by atoms with Gasteiger partial charge in [0, 0.05) is 27.9 Å². The molecule has 3 aromatic carbocycles. The molecule has 1 nitrogen and oxygen atoms in total. The number of hydrogen-bond acceptors (Lipinski definition) is 1. The molecule has 0 amide bonds. The first kappa shape index (κ1) is 14.5. The Balaban J connectivity index is 2.14. The van der Waals surface area contributed by atoms with E-state index in [2.05, 4.69) is 31.2 Å². The van der Waals surface area contributed by atoms with E-state index in [1.165, 1.54) is 11.3 Å². The highest BCUT2D eigenvalue weighted by Crippen LogP contribution is 2.44. The van der Waals surface area contributed by atoms with E-state index in [1.807, 2.05) is 51.6 Å². The number of rotatable bonds is 1. The van der Waals surface area contributed by atoms with Crippen LogP contribution in [0.5, 0.6) is 0 Å². The van der Waals surface area contributed by atoms with E-state index in [9.17, 15) is 0 Å². The molecule has 0 spiro atoms. The van der Waals surface area contributed by atoms with E-state index in [1.54, 1.807) is 6.07 Å². The second-order valence-electron chi connectivity index (χ2n) is 9.36. The van der Waals surface area contributed by atoms with Crippen LogP contribution in [0.3, 0.4) is 0 Å². The van der Waals surface area contributed by atoms with E-state index in [-0.39, 0.29) is 0 Å². The van der Waals surface area contributed by atoms with Crippen LogP contribution in [0.2, 0.25) is 0 Å². The number of aromatic nitrogens is 1. The molecule has 0 aliphatic rings. The van der Waals surface area contributed by atoms with E-state index >= 15 is 0 Å². The van der Waals surface area contributed by atoms with Crippen LogP contribution in [0, 0.1) is 26.1 Å². The zero-order valence-corrected chi connectivity index (χ0v) is 19.2.